The van der Waals surface area contributed by atoms with Gasteiger partial charge in [-0.25, -0.2) is 0 Å². The smallest absolute Gasteiger partial charge is 0.399 e. The van der Waals surface area contributed by atoms with E-state index in [1.54, 1.807) is 11.6 Å². The summed E-state index contributed by atoms with van der Waals surface area (Å²) in [6, 6.07) is 3.64. The van der Waals surface area contributed by atoms with Crippen LogP contribution in [0, 0.1) is 5.41 Å². The Morgan fingerprint density at radius 3 is 2.25 bits per heavy atom. The molecular formula is C14H19BF3NS. The maximum Gasteiger partial charge on any atom is 0.416 e. The fourth-order valence-electron chi connectivity index (χ4n) is 2.47. The normalized spacial score (nSPS) is 21.2. The molecule has 2 N–H and O–H groups in total. The van der Waals surface area contributed by atoms with Crippen LogP contribution in [0.3, 0.4) is 0 Å². The molecule has 0 aromatic heterocycles. The van der Waals surface area contributed by atoms with Crippen LogP contribution in [0.25, 0.3) is 0 Å². The predicted octanol–water partition coefficient (Wildman–Crippen LogP) is 4.04. The topological polar surface area (TPSA) is 26.0 Å². The van der Waals surface area contributed by atoms with E-state index in [0.717, 1.165) is 12.4 Å². The van der Waals surface area contributed by atoms with Crippen LogP contribution in [0.1, 0.15) is 33.3 Å². The standard InChI is InChI=1S/C14H19BF3NS/c1-12(2)8-15(20-13(12,3)4)10-7-9(14(16,17)18)5-6-11(10)19/h5-7H,8,19H2,1-4H3. The van der Waals surface area contributed by atoms with E-state index in [-0.39, 0.29) is 16.2 Å². The van der Waals surface area contributed by atoms with E-state index in [4.69, 9.17) is 5.73 Å². The number of halogens is 3. The highest BCUT2D eigenvalue weighted by molar-refractivity contribution is 8.28. The number of nitrogens with two attached hydrogens (primary N) is 1. The van der Waals surface area contributed by atoms with Crippen LogP contribution < -0.4 is 11.2 Å². The van der Waals surface area contributed by atoms with Crippen LogP contribution in [0.2, 0.25) is 6.32 Å². The van der Waals surface area contributed by atoms with Gasteiger partial charge < -0.3 is 5.73 Å². The van der Waals surface area contributed by atoms with Gasteiger partial charge in [0.05, 0.1) is 5.56 Å². The summed E-state index contributed by atoms with van der Waals surface area (Å²) in [6.07, 6.45) is -3.49. The first kappa shape index (κ1) is 15.6. The fraction of sp³-hybridized carbons (Fsp3) is 0.571. The summed E-state index contributed by atoms with van der Waals surface area (Å²) in [4.78, 5) is 0. The highest BCUT2D eigenvalue weighted by Gasteiger charge is 2.49. The van der Waals surface area contributed by atoms with Crippen LogP contribution in [-0.2, 0) is 6.18 Å². The molecule has 0 atom stereocenters. The largest absolute Gasteiger partial charge is 0.416 e. The molecule has 0 saturated carbocycles. The van der Waals surface area contributed by atoms with Crippen LogP contribution >= 0.6 is 11.6 Å². The maximum atomic E-state index is 12.8. The van der Waals surface area contributed by atoms with Crippen LogP contribution in [0.5, 0.6) is 0 Å². The molecule has 20 heavy (non-hydrogen) atoms. The van der Waals surface area contributed by atoms with Crippen LogP contribution in [-0.4, -0.2) is 10.7 Å². The van der Waals surface area contributed by atoms with Crippen molar-refractivity contribution >= 4 is 28.8 Å². The molecule has 0 radical (unpaired) electrons. The molecule has 1 saturated heterocycles. The molecular weight excluding hydrogens is 282 g/mol. The van der Waals surface area contributed by atoms with Crippen molar-refractivity contribution in [2.45, 2.75) is 44.9 Å². The summed E-state index contributed by atoms with van der Waals surface area (Å²) in [6.45, 7) is 8.59. The van der Waals surface area contributed by atoms with Crippen LogP contribution in [0.15, 0.2) is 18.2 Å². The first-order chi connectivity index (χ1) is 8.94. The van der Waals surface area contributed by atoms with Gasteiger partial charge in [-0.05, 0) is 23.0 Å². The minimum atomic E-state index is -4.32. The highest BCUT2D eigenvalue weighted by atomic mass is 32.2. The lowest BCUT2D eigenvalue weighted by Gasteiger charge is -2.34. The van der Waals surface area contributed by atoms with Gasteiger partial charge in [0.25, 0.3) is 0 Å². The van der Waals surface area contributed by atoms with E-state index >= 15 is 0 Å². The molecule has 1 aliphatic rings. The number of rotatable bonds is 1. The van der Waals surface area contributed by atoms with Crippen molar-refractivity contribution in [2.24, 2.45) is 5.41 Å². The monoisotopic (exact) mass is 301 g/mol. The molecule has 0 aliphatic carbocycles. The zero-order valence-electron chi connectivity index (χ0n) is 12.1. The summed E-state index contributed by atoms with van der Waals surface area (Å²) >= 11 is 1.71. The molecule has 1 aromatic rings. The van der Waals surface area contributed by atoms with Crippen molar-refractivity contribution in [1.82, 2.24) is 0 Å². The van der Waals surface area contributed by atoms with Gasteiger partial charge in [-0.15, -0.1) is 0 Å². The van der Waals surface area contributed by atoms with E-state index in [1.807, 2.05) is 0 Å². The van der Waals surface area contributed by atoms with Crippen molar-refractivity contribution in [3.05, 3.63) is 23.8 Å². The molecule has 1 aliphatic heterocycles. The Balaban J connectivity index is 2.40. The lowest BCUT2D eigenvalue weighted by Crippen LogP contribution is -2.30. The van der Waals surface area contributed by atoms with E-state index in [1.165, 1.54) is 12.1 Å². The molecule has 0 amide bonds. The van der Waals surface area contributed by atoms with E-state index in [9.17, 15) is 13.2 Å². The molecule has 0 unspecified atom stereocenters. The van der Waals surface area contributed by atoms with Crippen molar-refractivity contribution < 1.29 is 13.2 Å². The molecule has 0 spiro atoms. The maximum absolute atomic E-state index is 12.8. The lowest BCUT2D eigenvalue weighted by atomic mass is 9.56. The molecule has 1 aromatic carbocycles. The van der Waals surface area contributed by atoms with Gasteiger partial charge in [-0.1, -0.05) is 40.1 Å². The van der Waals surface area contributed by atoms with Gasteiger partial charge >= 0.3 is 6.18 Å². The average molecular weight is 301 g/mol. The minimum Gasteiger partial charge on any atom is -0.399 e. The first-order valence-electron chi connectivity index (χ1n) is 6.58. The number of hydrogen-bond donors (Lipinski definition) is 1. The number of nitrogen functional groups attached to an aromatic ring is 1. The van der Waals surface area contributed by atoms with Gasteiger partial charge in [0.2, 0.25) is 5.99 Å². The molecule has 6 heteroatoms. The third-order valence-electron chi connectivity index (χ3n) is 4.52. The number of hydrogen-bond acceptors (Lipinski definition) is 2. The second-order valence-corrected chi connectivity index (χ2v) is 8.37. The second-order valence-electron chi connectivity index (χ2n) is 6.55. The Morgan fingerprint density at radius 2 is 1.80 bits per heavy atom. The summed E-state index contributed by atoms with van der Waals surface area (Å²) in [5.41, 5.74) is 6.41. The Kier molecular flexibility index (Phi) is 3.60. The Morgan fingerprint density at radius 1 is 1.20 bits per heavy atom. The van der Waals surface area contributed by atoms with Gasteiger partial charge in [0.1, 0.15) is 0 Å². The van der Waals surface area contributed by atoms with Crippen molar-refractivity contribution in [3.63, 3.8) is 0 Å². The predicted molar refractivity (Wildman–Crippen MR) is 81.5 cm³/mol. The van der Waals surface area contributed by atoms with E-state index in [0.29, 0.717) is 11.2 Å². The third-order valence-corrected chi connectivity index (χ3v) is 6.37. The summed E-state index contributed by atoms with van der Waals surface area (Å²) < 4.78 is 38.5. The fourth-order valence-corrected chi connectivity index (χ4v) is 4.41. The second kappa shape index (κ2) is 4.62. The molecule has 1 heterocycles. The number of alkyl halides is 3. The van der Waals surface area contributed by atoms with Crippen molar-refractivity contribution in [1.29, 1.82) is 0 Å². The summed E-state index contributed by atoms with van der Waals surface area (Å²) in [5, 5.41) is 0. The van der Waals surface area contributed by atoms with Gasteiger partial charge in [-0.2, -0.15) is 24.8 Å². The van der Waals surface area contributed by atoms with Gasteiger partial charge in [0, 0.05) is 10.4 Å². The Hall–Kier alpha value is -0.775. The van der Waals surface area contributed by atoms with Gasteiger partial charge in [0.15, 0.2) is 0 Å². The Labute approximate surface area is 122 Å². The molecule has 0 bridgehead atoms. The molecule has 1 nitrogen and oxygen atoms in total. The average Bonchev–Trinajstić information content (AvgIpc) is 2.46. The zero-order valence-corrected chi connectivity index (χ0v) is 13.0. The lowest BCUT2D eigenvalue weighted by molar-refractivity contribution is -0.137. The van der Waals surface area contributed by atoms with Gasteiger partial charge in [-0.3, -0.25) is 0 Å². The van der Waals surface area contributed by atoms with Crippen molar-refractivity contribution in [3.8, 4) is 0 Å². The number of anilines is 1. The molecule has 1 fully saturated rings. The SMILES string of the molecule is CC1(C)CB(c2cc(C(F)(F)F)ccc2N)SC1(C)C. The quantitative estimate of drug-likeness (QED) is 0.626. The summed E-state index contributed by atoms with van der Waals surface area (Å²) in [7, 11) is 0. The number of benzene rings is 1. The first-order valence-corrected chi connectivity index (χ1v) is 7.46. The molecule has 110 valence electrons. The third kappa shape index (κ3) is 2.67. The Bertz CT molecular complexity index is 510. The zero-order chi connectivity index (χ0) is 15.3. The highest BCUT2D eigenvalue weighted by Crippen LogP contribution is 2.54. The molecule has 2 rings (SSSR count). The minimum absolute atomic E-state index is 0.0122. The summed E-state index contributed by atoms with van der Waals surface area (Å²) in [5.74, 6) is 0.0160. The van der Waals surface area contributed by atoms with E-state index in [2.05, 4.69) is 27.7 Å². The van der Waals surface area contributed by atoms with Crippen LogP contribution in [0.4, 0.5) is 18.9 Å². The van der Waals surface area contributed by atoms with E-state index < -0.39 is 11.7 Å². The van der Waals surface area contributed by atoms with Crippen molar-refractivity contribution in [2.75, 3.05) is 5.73 Å².